The van der Waals surface area contributed by atoms with E-state index in [-0.39, 0.29) is 16.6 Å². The van der Waals surface area contributed by atoms with Gasteiger partial charge in [-0.15, -0.1) is 0 Å². The number of phenols is 1. The number of aromatic nitrogens is 2. The number of hydrogen-bond donors (Lipinski definition) is 1. The van der Waals surface area contributed by atoms with Crippen LogP contribution in [0.1, 0.15) is 28.5 Å². The quantitative estimate of drug-likeness (QED) is 0.753. The number of rotatable bonds is 3. The molecule has 2 aromatic heterocycles. The molecule has 0 aliphatic heterocycles. The highest BCUT2D eigenvalue weighted by molar-refractivity contribution is 6.32. The zero-order chi connectivity index (χ0) is 15.0. The summed E-state index contributed by atoms with van der Waals surface area (Å²) in [5.74, 6) is -0.182. The van der Waals surface area contributed by atoms with Crippen LogP contribution in [-0.2, 0) is 6.42 Å². The molecule has 5 heteroatoms. The minimum Gasteiger partial charge on any atom is -0.506 e. The summed E-state index contributed by atoms with van der Waals surface area (Å²) < 4.78 is 1.70. The summed E-state index contributed by atoms with van der Waals surface area (Å²) >= 11 is 5.89. The Morgan fingerprint density at radius 2 is 2.14 bits per heavy atom. The Labute approximate surface area is 126 Å². The molecule has 0 bridgehead atoms. The molecule has 0 aliphatic carbocycles. The summed E-state index contributed by atoms with van der Waals surface area (Å²) in [5, 5.41) is 14.1. The molecule has 3 aromatic rings. The van der Waals surface area contributed by atoms with Gasteiger partial charge in [-0.3, -0.25) is 4.79 Å². The van der Waals surface area contributed by atoms with Crippen LogP contribution in [0, 0.1) is 0 Å². The van der Waals surface area contributed by atoms with Crippen LogP contribution in [0.15, 0.2) is 42.6 Å². The number of carbonyl (C=O) groups excluding carboxylic acids is 1. The highest BCUT2D eigenvalue weighted by Gasteiger charge is 2.20. The van der Waals surface area contributed by atoms with Crippen LogP contribution < -0.4 is 0 Å². The summed E-state index contributed by atoms with van der Waals surface area (Å²) in [7, 11) is 0. The SMILES string of the molecule is CCc1nn2ccccc2c1C(=O)c1ccc(O)c(Cl)c1. The first-order valence-corrected chi connectivity index (χ1v) is 6.99. The van der Waals surface area contributed by atoms with E-state index >= 15 is 0 Å². The molecule has 2 heterocycles. The average molecular weight is 301 g/mol. The fourth-order valence-electron chi connectivity index (χ4n) is 2.33. The van der Waals surface area contributed by atoms with Crippen LogP contribution >= 0.6 is 11.6 Å². The molecule has 4 nitrogen and oxygen atoms in total. The number of ketones is 1. The number of phenolic OH excluding ortho intramolecular Hbond substituents is 1. The van der Waals surface area contributed by atoms with E-state index in [1.54, 1.807) is 10.6 Å². The summed E-state index contributed by atoms with van der Waals surface area (Å²) in [5.41, 5.74) is 2.53. The van der Waals surface area contributed by atoms with Gasteiger partial charge in [0.15, 0.2) is 5.78 Å². The van der Waals surface area contributed by atoms with E-state index in [1.807, 2.05) is 31.3 Å². The van der Waals surface area contributed by atoms with Gasteiger partial charge in [-0.2, -0.15) is 5.10 Å². The van der Waals surface area contributed by atoms with Gasteiger partial charge in [0.05, 0.1) is 21.8 Å². The number of hydrogen-bond acceptors (Lipinski definition) is 3. The van der Waals surface area contributed by atoms with Crippen molar-refractivity contribution < 1.29 is 9.90 Å². The van der Waals surface area contributed by atoms with Gasteiger partial charge in [-0.25, -0.2) is 4.52 Å². The first-order valence-electron chi connectivity index (χ1n) is 6.61. The van der Waals surface area contributed by atoms with Crippen molar-refractivity contribution in [3.05, 3.63) is 64.4 Å². The number of carbonyl (C=O) groups is 1. The molecular formula is C16H13ClN2O2. The first kappa shape index (κ1) is 13.6. The number of aromatic hydroxyl groups is 1. The molecule has 106 valence electrons. The van der Waals surface area contributed by atoms with Crippen LogP contribution in [0.3, 0.4) is 0 Å². The maximum absolute atomic E-state index is 12.8. The summed E-state index contributed by atoms with van der Waals surface area (Å²) in [6.07, 6.45) is 2.48. The molecule has 1 aromatic carbocycles. The summed E-state index contributed by atoms with van der Waals surface area (Å²) in [4.78, 5) is 12.8. The normalized spacial score (nSPS) is 11.0. The van der Waals surface area contributed by atoms with Crippen LogP contribution in [0.2, 0.25) is 5.02 Å². The molecule has 0 fully saturated rings. The van der Waals surface area contributed by atoms with Crippen molar-refractivity contribution in [1.82, 2.24) is 9.61 Å². The lowest BCUT2D eigenvalue weighted by molar-refractivity contribution is 0.103. The lowest BCUT2D eigenvalue weighted by Gasteiger charge is -2.03. The molecule has 0 unspecified atom stereocenters. The van der Waals surface area contributed by atoms with Crippen molar-refractivity contribution in [3.63, 3.8) is 0 Å². The lowest BCUT2D eigenvalue weighted by Crippen LogP contribution is -2.04. The highest BCUT2D eigenvalue weighted by Crippen LogP contribution is 2.27. The zero-order valence-electron chi connectivity index (χ0n) is 11.4. The van der Waals surface area contributed by atoms with Gasteiger partial charge in [0.2, 0.25) is 0 Å². The largest absolute Gasteiger partial charge is 0.506 e. The number of benzene rings is 1. The second-order valence-corrected chi connectivity index (χ2v) is 5.11. The van der Waals surface area contributed by atoms with Crippen LogP contribution in [0.25, 0.3) is 5.52 Å². The van der Waals surface area contributed by atoms with Crippen molar-refractivity contribution in [1.29, 1.82) is 0 Å². The van der Waals surface area contributed by atoms with E-state index < -0.39 is 0 Å². The second-order valence-electron chi connectivity index (χ2n) is 4.70. The van der Waals surface area contributed by atoms with E-state index in [0.717, 1.165) is 11.2 Å². The summed E-state index contributed by atoms with van der Waals surface area (Å²) in [6, 6.07) is 10.1. The minimum absolute atomic E-state index is 0.0382. The number of halogens is 1. The molecule has 0 atom stereocenters. The fourth-order valence-corrected chi connectivity index (χ4v) is 2.52. The monoisotopic (exact) mass is 300 g/mol. The molecule has 0 amide bonds. The van der Waals surface area contributed by atoms with Crippen LogP contribution in [-0.4, -0.2) is 20.5 Å². The fraction of sp³-hybridized carbons (Fsp3) is 0.125. The molecule has 1 N–H and O–H groups in total. The Morgan fingerprint density at radius 3 is 2.86 bits per heavy atom. The van der Waals surface area contributed by atoms with Gasteiger partial charge in [-0.1, -0.05) is 24.6 Å². The predicted molar refractivity (Wildman–Crippen MR) is 81.1 cm³/mol. The molecule has 21 heavy (non-hydrogen) atoms. The highest BCUT2D eigenvalue weighted by atomic mass is 35.5. The third-order valence-corrected chi connectivity index (χ3v) is 3.69. The maximum Gasteiger partial charge on any atom is 0.197 e. The van der Waals surface area contributed by atoms with Gasteiger partial charge in [0.1, 0.15) is 5.75 Å². The van der Waals surface area contributed by atoms with Gasteiger partial charge in [0.25, 0.3) is 0 Å². The Morgan fingerprint density at radius 1 is 1.33 bits per heavy atom. The molecule has 0 saturated carbocycles. The van der Waals surface area contributed by atoms with Crippen molar-refractivity contribution >= 4 is 22.9 Å². The molecule has 3 rings (SSSR count). The molecule has 0 saturated heterocycles. The predicted octanol–water partition coefficient (Wildman–Crippen LogP) is 3.49. The molecular weight excluding hydrogens is 288 g/mol. The zero-order valence-corrected chi connectivity index (χ0v) is 12.1. The van der Waals surface area contributed by atoms with Gasteiger partial charge < -0.3 is 5.11 Å². The Kier molecular flexibility index (Phi) is 3.39. The minimum atomic E-state index is -0.144. The Bertz CT molecular complexity index is 839. The average Bonchev–Trinajstić information content (AvgIpc) is 2.87. The van der Waals surface area contributed by atoms with Crippen molar-refractivity contribution in [3.8, 4) is 5.75 Å². The van der Waals surface area contributed by atoms with E-state index in [1.165, 1.54) is 12.1 Å². The van der Waals surface area contributed by atoms with Gasteiger partial charge >= 0.3 is 0 Å². The van der Waals surface area contributed by atoms with E-state index in [2.05, 4.69) is 5.10 Å². The van der Waals surface area contributed by atoms with E-state index in [9.17, 15) is 9.90 Å². The van der Waals surface area contributed by atoms with Crippen molar-refractivity contribution in [2.24, 2.45) is 0 Å². The van der Waals surface area contributed by atoms with Gasteiger partial charge in [0, 0.05) is 11.8 Å². The van der Waals surface area contributed by atoms with Crippen LogP contribution in [0.5, 0.6) is 5.75 Å². The summed E-state index contributed by atoms with van der Waals surface area (Å²) in [6.45, 7) is 1.96. The van der Waals surface area contributed by atoms with Crippen LogP contribution in [0.4, 0.5) is 0 Å². The smallest absolute Gasteiger partial charge is 0.197 e. The number of pyridine rings is 1. The van der Waals surface area contributed by atoms with Gasteiger partial charge in [-0.05, 0) is 36.8 Å². The molecule has 0 radical (unpaired) electrons. The maximum atomic E-state index is 12.8. The first-order chi connectivity index (χ1) is 10.1. The molecule has 0 spiro atoms. The second kappa shape index (κ2) is 5.22. The molecule has 0 aliphatic rings. The number of nitrogens with zero attached hydrogens (tertiary/aromatic N) is 2. The Balaban J connectivity index is 2.18. The number of fused-ring (bicyclic) bond motifs is 1. The van der Waals surface area contributed by atoms with E-state index in [0.29, 0.717) is 17.5 Å². The van der Waals surface area contributed by atoms with Crippen molar-refractivity contribution in [2.45, 2.75) is 13.3 Å². The van der Waals surface area contributed by atoms with Crippen molar-refractivity contribution in [2.75, 3.05) is 0 Å². The topological polar surface area (TPSA) is 54.6 Å². The standard InChI is InChI=1S/C16H13ClN2O2/c1-2-12-15(13-5-3-4-8-19(13)18-12)16(21)10-6-7-14(20)11(17)9-10/h3-9,20H,2H2,1H3. The Hall–Kier alpha value is -2.33. The third kappa shape index (κ3) is 2.28. The third-order valence-electron chi connectivity index (χ3n) is 3.38. The van der Waals surface area contributed by atoms with E-state index in [4.69, 9.17) is 11.6 Å². The number of aryl methyl sites for hydroxylation is 1. The lowest BCUT2D eigenvalue weighted by atomic mass is 10.0.